The Kier molecular flexibility index (Phi) is 2.31. The first-order valence-corrected chi connectivity index (χ1v) is 7.47. The lowest BCUT2D eigenvalue weighted by atomic mass is 9.92. The van der Waals surface area contributed by atoms with Crippen LogP contribution >= 0.6 is 0 Å². The molecule has 0 bridgehead atoms. The van der Waals surface area contributed by atoms with E-state index >= 15 is 0 Å². The van der Waals surface area contributed by atoms with Crippen LogP contribution in [0.5, 0.6) is 0 Å². The van der Waals surface area contributed by atoms with Crippen LogP contribution < -0.4 is 0 Å². The lowest BCUT2D eigenvalue weighted by molar-refractivity contribution is 1.76. The average Bonchev–Trinajstić information content (AvgIpc) is 2.61. The summed E-state index contributed by atoms with van der Waals surface area (Å²) >= 11 is 0. The van der Waals surface area contributed by atoms with Crippen LogP contribution in [-0.4, -0.2) is 0 Å². The van der Waals surface area contributed by atoms with Gasteiger partial charge in [0.15, 0.2) is 0 Å². The van der Waals surface area contributed by atoms with Gasteiger partial charge in [-0.2, -0.15) is 0 Å². The molecule has 22 heavy (non-hydrogen) atoms. The number of benzene rings is 5. The Morgan fingerprint density at radius 2 is 1.18 bits per heavy atom. The lowest BCUT2D eigenvalue weighted by Crippen LogP contribution is -1.84. The van der Waals surface area contributed by atoms with E-state index in [0.717, 1.165) is 5.39 Å². The third-order valence-corrected chi connectivity index (χ3v) is 4.46. The highest BCUT2D eigenvalue weighted by Crippen LogP contribution is 2.36. The fourth-order valence-corrected chi connectivity index (χ4v) is 3.45. The molecule has 0 saturated heterocycles. The van der Waals surface area contributed by atoms with Crippen molar-refractivity contribution >= 4 is 43.1 Å². The Bertz CT molecular complexity index is 1070. The molecular weight excluding hydrogens is 264 g/mol. The summed E-state index contributed by atoms with van der Waals surface area (Å²) in [5, 5.41) is 10.1. The molecule has 0 saturated carbocycles. The van der Waals surface area contributed by atoms with Crippen LogP contribution in [-0.2, 0) is 0 Å². The van der Waals surface area contributed by atoms with Gasteiger partial charge in [-0.1, -0.05) is 60.7 Å². The van der Waals surface area contributed by atoms with E-state index < -0.39 is 0 Å². The van der Waals surface area contributed by atoms with Crippen LogP contribution in [0.4, 0.5) is 0 Å². The third kappa shape index (κ3) is 1.52. The molecule has 0 nitrogen and oxygen atoms in total. The van der Waals surface area contributed by atoms with E-state index in [4.69, 9.17) is 0 Å². The van der Waals surface area contributed by atoms with Gasteiger partial charge in [-0.05, 0) is 67.4 Å². The molecule has 0 aliphatic rings. The molecule has 0 heterocycles. The number of rotatable bonds is 0. The topological polar surface area (TPSA) is 0 Å². The molecule has 100 valence electrons. The zero-order chi connectivity index (χ0) is 14.5. The summed E-state index contributed by atoms with van der Waals surface area (Å²) in [6.45, 7) is 0. The standard InChI is InChI=1S/C22H12/c1-2-8-16-14-22-20-12-6-4-10-18(20)17-9-3-5-11-19(17)21(22)13-15(16)7-1/h1-5,7-11,13-14H. The number of hydrogen-bond acceptors (Lipinski definition) is 0. The molecule has 0 unspecified atom stereocenters. The van der Waals surface area contributed by atoms with E-state index in [1.54, 1.807) is 0 Å². The quantitative estimate of drug-likeness (QED) is 0.244. The van der Waals surface area contributed by atoms with Gasteiger partial charge in [0.05, 0.1) is 0 Å². The third-order valence-electron chi connectivity index (χ3n) is 4.46. The summed E-state index contributed by atoms with van der Waals surface area (Å²) in [6.07, 6.45) is 0. The van der Waals surface area contributed by atoms with Crippen molar-refractivity contribution in [2.75, 3.05) is 0 Å². The molecule has 0 atom stereocenters. The van der Waals surface area contributed by atoms with Crippen LogP contribution in [0.1, 0.15) is 0 Å². The molecule has 0 aliphatic carbocycles. The molecule has 5 rings (SSSR count). The second kappa shape index (κ2) is 4.32. The van der Waals surface area contributed by atoms with Crippen molar-refractivity contribution < 1.29 is 0 Å². The molecular formula is C22H12. The molecule has 0 heteroatoms. The van der Waals surface area contributed by atoms with E-state index in [1.807, 2.05) is 6.07 Å². The van der Waals surface area contributed by atoms with Gasteiger partial charge < -0.3 is 0 Å². The van der Waals surface area contributed by atoms with Crippen LogP contribution in [0.3, 0.4) is 0 Å². The van der Waals surface area contributed by atoms with Crippen molar-refractivity contribution in [2.45, 2.75) is 0 Å². The molecule has 0 aliphatic heterocycles. The molecule has 0 spiro atoms. The summed E-state index contributed by atoms with van der Waals surface area (Å²) in [5.74, 6) is 0. The number of fused-ring (bicyclic) bond motifs is 7. The molecule has 0 aromatic heterocycles. The summed E-state index contributed by atoms with van der Waals surface area (Å²) in [5.41, 5.74) is 0. The van der Waals surface area contributed by atoms with Crippen LogP contribution in [0.25, 0.3) is 43.1 Å². The van der Waals surface area contributed by atoms with Gasteiger partial charge in [-0.15, -0.1) is 0 Å². The maximum Gasteiger partial charge on any atom is -0.000740 e. The van der Waals surface area contributed by atoms with Crippen LogP contribution in [0, 0.1) is 12.1 Å². The zero-order valence-electron chi connectivity index (χ0n) is 11.9. The fourth-order valence-electron chi connectivity index (χ4n) is 3.45. The highest BCUT2D eigenvalue weighted by Gasteiger charge is 2.08. The SMILES string of the molecule is [c]1[c]c2c(cc1)c1ccccc1c1cc3ccccc3cc21. The van der Waals surface area contributed by atoms with Gasteiger partial charge >= 0.3 is 0 Å². The lowest BCUT2D eigenvalue weighted by Gasteiger charge is -2.11. The van der Waals surface area contributed by atoms with Crippen molar-refractivity contribution in [1.82, 2.24) is 0 Å². The normalized spacial score (nSPS) is 11.6. The minimum Gasteiger partial charge on any atom is -0.0616 e. The van der Waals surface area contributed by atoms with Crippen molar-refractivity contribution in [1.29, 1.82) is 0 Å². The average molecular weight is 276 g/mol. The van der Waals surface area contributed by atoms with E-state index in [2.05, 4.69) is 78.9 Å². The highest BCUT2D eigenvalue weighted by atomic mass is 14.1. The van der Waals surface area contributed by atoms with E-state index in [-0.39, 0.29) is 0 Å². The van der Waals surface area contributed by atoms with Gasteiger partial charge in [-0.25, -0.2) is 0 Å². The number of hydrogen-bond donors (Lipinski definition) is 0. The Hall–Kier alpha value is -2.86. The Labute approximate surface area is 128 Å². The Morgan fingerprint density at radius 3 is 1.95 bits per heavy atom. The minimum absolute atomic E-state index is 1.15. The predicted octanol–water partition coefficient (Wildman–Crippen LogP) is 5.90. The van der Waals surface area contributed by atoms with Crippen LogP contribution in [0.15, 0.2) is 72.8 Å². The van der Waals surface area contributed by atoms with E-state index in [9.17, 15) is 0 Å². The maximum absolute atomic E-state index is 3.33. The molecule has 5 aromatic rings. The molecule has 0 fully saturated rings. The summed E-state index contributed by atoms with van der Waals surface area (Å²) in [4.78, 5) is 0. The summed E-state index contributed by atoms with van der Waals surface area (Å²) in [7, 11) is 0. The molecule has 5 aromatic carbocycles. The van der Waals surface area contributed by atoms with E-state index in [0.29, 0.717) is 0 Å². The smallest absolute Gasteiger partial charge is 0.000740 e. The van der Waals surface area contributed by atoms with Gasteiger partial charge in [0.25, 0.3) is 0 Å². The molecule has 0 N–H and O–H groups in total. The second-order valence-electron chi connectivity index (χ2n) is 5.68. The fraction of sp³-hybridized carbons (Fsp3) is 0. The van der Waals surface area contributed by atoms with Crippen LogP contribution in [0.2, 0.25) is 0 Å². The zero-order valence-corrected chi connectivity index (χ0v) is 11.9. The summed E-state index contributed by atoms with van der Waals surface area (Å²) in [6, 6.07) is 32.3. The second-order valence-corrected chi connectivity index (χ2v) is 5.68. The largest absolute Gasteiger partial charge is 0.0616 e. The van der Waals surface area contributed by atoms with E-state index in [1.165, 1.54) is 37.7 Å². The van der Waals surface area contributed by atoms with Gasteiger partial charge in [0, 0.05) is 0 Å². The first-order valence-electron chi connectivity index (χ1n) is 7.47. The van der Waals surface area contributed by atoms with Crippen molar-refractivity contribution in [3.8, 4) is 0 Å². The predicted molar refractivity (Wildman–Crippen MR) is 94.1 cm³/mol. The molecule has 2 radical (unpaired) electrons. The molecule has 0 amide bonds. The Morgan fingerprint density at radius 1 is 0.545 bits per heavy atom. The maximum atomic E-state index is 3.33. The van der Waals surface area contributed by atoms with Gasteiger partial charge in [0.1, 0.15) is 0 Å². The summed E-state index contributed by atoms with van der Waals surface area (Å²) < 4.78 is 0. The van der Waals surface area contributed by atoms with Crippen molar-refractivity contribution in [3.05, 3.63) is 84.9 Å². The highest BCUT2D eigenvalue weighted by molar-refractivity contribution is 6.26. The first-order chi connectivity index (χ1) is 10.9. The monoisotopic (exact) mass is 276 g/mol. The first kappa shape index (κ1) is 11.8. The Balaban J connectivity index is 2.17. The minimum atomic E-state index is 1.15. The van der Waals surface area contributed by atoms with Crippen molar-refractivity contribution in [3.63, 3.8) is 0 Å². The van der Waals surface area contributed by atoms with Gasteiger partial charge in [-0.3, -0.25) is 0 Å². The van der Waals surface area contributed by atoms with Gasteiger partial charge in [0.2, 0.25) is 0 Å². The van der Waals surface area contributed by atoms with Crippen molar-refractivity contribution in [2.24, 2.45) is 0 Å².